The van der Waals surface area contributed by atoms with Gasteiger partial charge in [0.25, 0.3) is 0 Å². The highest BCUT2D eigenvalue weighted by atomic mass is 32.1. The maximum atomic E-state index is 14.3. The standard InChI is InChI=1S/C29H47N3O7S/c1-7-11-26(35)39-17-32(23(18(3)4)15-25(34)27-30-21(16-40-27)29(37)38)28(36)20(19(5)8-2)14-24(33)22-12-9-10-13-31(22)6/h16,18-20,22-23,25,34H,7-15,17H2,1-6H3,(H,37,38)/t19-,20-,22?,23+,25+/m0/s1. The molecular weight excluding hydrogens is 534 g/mol. The number of aliphatic hydroxyl groups excluding tert-OH is 1. The Morgan fingerprint density at radius 3 is 2.45 bits per heavy atom. The van der Waals surface area contributed by atoms with Crippen molar-refractivity contribution >= 4 is 35.0 Å². The van der Waals surface area contributed by atoms with E-state index in [1.807, 2.05) is 41.7 Å². The predicted octanol–water partition coefficient (Wildman–Crippen LogP) is 4.52. The van der Waals surface area contributed by atoms with Crippen molar-refractivity contribution < 1.29 is 34.1 Å². The molecule has 40 heavy (non-hydrogen) atoms. The molecule has 0 spiro atoms. The molecule has 1 unspecified atom stereocenters. The smallest absolute Gasteiger partial charge is 0.355 e. The number of carboxylic acid groups (broad SMARTS) is 1. The van der Waals surface area contributed by atoms with Crippen LogP contribution in [0.15, 0.2) is 5.38 Å². The van der Waals surface area contributed by atoms with Gasteiger partial charge < -0.3 is 19.8 Å². The number of piperidine rings is 1. The number of Topliss-reactive ketones (excluding diaryl/α,β-unsaturated/α-hetero) is 1. The van der Waals surface area contributed by atoms with Gasteiger partial charge in [-0.05, 0) is 44.7 Å². The van der Waals surface area contributed by atoms with Crippen LogP contribution in [0.2, 0.25) is 0 Å². The van der Waals surface area contributed by atoms with Gasteiger partial charge in [0.1, 0.15) is 11.1 Å². The number of thiazole rings is 1. The molecule has 2 N–H and O–H groups in total. The molecule has 1 aromatic heterocycles. The number of carbonyl (C=O) groups excluding carboxylic acids is 3. The highest BCUT2D eigenvalue weighted by Gasteiger charge is 2.38. The molecule has 226 valence electrons. The minimum Gasteiger partial charge on any atom is -0.476 e. The minimum absolute atomic E-state index is 0.0499. The van der Waals surface area contributed by atoms with Crippen molar-refractivity contribution in [3.05, 3.63) is 16.1 Å². The summed E-state index contributed by atoms with van der Waals surface area (Å²) in [4.78, 5) is 58.9. The van der Waals surface area contributed by atoms with Crippen molar-refractivity contribution in [2.45, 2.75) is 104 Å². The lowest BCUT2D eigenvalue weighted by Gasteiger charge is -2.39. The zero-order chi connectivity index (χ0) is 30.0. The maximum absolute atomic E-state index is 14.3. The number of carbonyl (C=O) groups is 4. The highest BCUT2D eigenvalue weighted by Crippen LogP contribution is 2.31. The van der Waals surface area contributed by atoms with Crippen LogP contribution in [-0.2, 0) is 19.1 Å². The van der Waals surface area contributed by atoms with Crippen molar-refractivity contribution in [1.29, 1.82) is 0 Å². The van der Waals surface area contributed by atoms with Gasteiger partial charge in [-0.15, -0.1) is 11.3 Å². The van der Waals surface area contributed by atoms with Gasteiger partial charge in [-0.1, -0.05) is 47.5 Å². The number of ether oxygens (including phenoxy) is 1. The summed E-state index contributed by atoms with van der Waals surface area (Å²) in [5.41, 5.74) is -0.149. The molecule has 2 rings (SSSR count). The molecule has 11 heteroatoms. The minimum atomic E-state index is -1.18. The molecule has 1 saturated heterocycles. The van der Waals surface area contributed by atoms with E-state index >= 15 is 0 Å². The summed E-state index contributed by atoms with van der Waals surface area (Å²) in [7, 11) is 1.95. The number of aromatic carboxylic acids is 1. The van der Waals surface area contributed by atoms with Crippen molar-refractivity contribution in [3.63, 3.8) is 0 Å². The van der Waals surface area contributed by atoms with E-state index in [0.29, 0.717) is 12.8 Å². The number of hydrogen-bond donors (Lipinski definition) is 2. The highest BCUT2D eigenvalue weighted by molar-refractivity contribution is 7.09. The second-order valence-electron chi connectivity index (χ2n) is 11.3. The Balaban J connectivity index is 2.37. The summed E-state index contributed by atoms with van der Waals surface area (Å²) >= 11 is 1.04. The monoisotopic (exact) mass is 581 g/mol. The van der Waals surface area contributed by atoms with Gasteiger partial charge in [0.15, 0.2) is 18.2 Å². The van der Waals surface area contributed by atoms with Gasteiger partial charge in [0.05, 0.1) is 6.04 Å². The predicted molar refractivity (Wildman–Crippen MR) is 153 cm³/mol. The fourth-order valence-corrected chi connectivity index (χ4v) is 6.02. The maximum Gasteiger partial charge on any atom is 0.355 e. The third-order valence-electron chi connectivity index (χ3n) is 7.97. The molecule has 1 fully saturated rings. The molecule has 0 radical (unpaired) electrons. The van der Waals surface area contributed by atoms with Crippen molar-refractivity contribution in [1.82, 2.24) is 14.8 Å². The summed E-state index contributed by atoms with van der Waals surface area (Å²) in [6.07, 6.45) is 3.39. The second kappa shape index (κ2) is 16.2. The van der Waals surface area contributed by atoms with E-state index in [0.717, 1.165) is 37.1 Å². The normalized spacial score (nSPS) is 19.1. The Hall–Kier alpha value is -2.37. The van der Waals surface area contributed by atoms with E-state index in [-0.39, 0.29) is 66.3 Å². The average molecular weight is 582 g/mol. The number of likely N-dealkylation sites (N-methyl/N-ethyl adjacent to an activating group) is 1. The number of hydrogen-bond acceptors (Lipinski definition) is 9. The molecular formula is C29H47N3O7S. The summed E-state index contributed by atoms with van der Waals surface area (Å²) in [5.74, 6) is -2.66. The van der Waals surface area contributed by atoms with Crippen LogP contribution in [0.1, 0.15) is 108 Å². The Labute approximate surface area is 242 Å². The third kappa shape index (κ3) is 9.34. The fourth-order valence-electron chi connectivity index (χ4n) is 5.23. The molecule has 1 amide bonds. The zero-order valence-electron chi connectivity index (χ0n) is 24.8. The first-order valence-corrected chi connectivity index (χ1v) is 15.3. The van der Waals surface area contributed by atoms with E-state index in [1.165, 1.54) is 10.3 Å². The number of likely N-dealkylation sites (tertiary alicyclic amines) is 1. The lowest BCUT2D eigenvalue weighted by molar-refractivity contribution is -0.160. The van der Waals surface area contributed by atoms with Crippen LogP contribution >= 0.6 is 11.3 Å². The van der Waals surface area contributed by atoms with Crippen LogP contribution < -0.4 is 0 Å². The zero-order valence-corrected chi connectivity index (χ0v) is 25.6. The van der Waals surface area contributed by atoms with Crippen LogP contribution in [0.4, 0.5) is 0 Å². The van der Waals surface area contributed by atoms with Gasteiger partial charge in [-0.25, -0.2) is 9.78 Å². The summed E-state index contributed by atoms with van der Waals surface area (Å²) in [6, 6.07) is -0.756. The van der Waals surface area contributed by atoms with E-state index in [9.17, 15) is 29.4 Å². The first kappa shape index (κ1) is 33.8. The summed E-state index contributed by atoms with van der Waals surface area (Å²) in [6.45, 7) is 10.2. The van der Waals surface area contributed by atoms with Gasteiger partial charge in [-0.3, -0.25) is 19.3 Å². The number of aliphatic hydroxyl groups is 1. The molecule has 2 heterocycles. The fraction of sp³-hybridized carbons (Fsp3) is 0.759. The van der Waals surface area contributed by atoms with Crippen LogP contribution in [-0.4, -0.2) is 81.0 Å². The van der Waals surface area contributed by atoms with E-state index in [1.54, 1.807) is 0 Å². The lowest BCUT2D eigenvalue weighted by Crippen LogP contribution is -2.50. The molecule has 0 saturated carbocycles. The van der Waals surface area contributed by atoms with Crippen LogP contribution in [0.25, 0.3) is 0 Å². The molecule has 1 aliphatic rings. The number of carboxylic acids is 1. The van der Waals surface area contributed by atoms with E-state index in [4.69, 9.17) is 4.74 Å². The van der Waals surface area contributed by atoms with Crippen LogP contribution in [0, 0.1) is 17.8 Å². The topological polar surface area (TPSA) is 137 Å². The van der Waals surface area contributed by atoms with Gasteiger partial charge in [0.2, 0.25) is 5.91 Å². The number of esters is 1. The number of nitrogens with zero attached hydrogens (tertiary/aromatic N) is 3. The van der Waals surface area contributed by atoms with Crippen LogP contribution in [0.5, 0.6) is 0 Å². The SMILES string of the molecule is CCCC(=O)OCN(C(=O)[C@@H](CC(=O)C1CCCCN1C)[C@@H](C)CC)[C@H](C[C@@H](O)c1nc(C(=O)O)cs1)C(C)C. The lowest BCUT2D eigenvalue weighted by atomic mass is 9.82. The Bertz CT molecular complexity index is 998. The quantitative estimate of drug-likeness (QED) is 0.213. The average Bonchev–Trinajstić information content (AvgIpc) is 3.41. The summed E-state index contributed by atoms with van der Waals surface area (Å²) in [5, 5.41) is 21.9. The molecule has 10 nitrogen and oxygen atoms in total. The molecule has 1 aliphatic heterocycles. The first-order valence-electron chi connectivity index (χ1n) is 14.5. The molecule has 1 aromatic rings. The number of rotatable bonds is 16. The Morgan fingerprint density at radius 2 is 1.90 bits per heavy atom. The number of ketones is 1. The largest absolute Gasteiger partial charge is 0.476 e. The Morgan fingerprint density at radius 1 is 1.20 bits per heavy atom. The molecule has 0 aromatic carbocycles. The van der Waals surface area contributed by atoms with Gasteiger partial charge >= 0.3 is 11.9 Å². The Kier molecular flexibility index (Phi) is 13.7. The third-order valence-corrected chi connectivity index (χ3v) is 8.92. The molecule has 0 bridgehead atoms. The molecule has 0 aliphatic carbocycles. The van der Waals surface area contributed by atoms with E-state index in [2.05, 4.69) is 9.88 Å². The van der Waals surface area contributed by atoms with Gasteiger partial charge in [-0.2, -0.15) is 0 Å². The number of aromatic nitrogens is 1. The van der Waals surface area contributed by atoms with E-state index < -0.39 is 30.0 Å². The number of amides is 1. The van der Waals surface area contributed by atoms with Gasteiger partial charge in [0, 0.05) is 36.6 Å². The summed E-state index contributed by atoms with van der Waals surface area (Å²) < 4.78 is 5.52. The van der Waals surface area contributed by atoms with Crippen LogP contribution in [0.3, 0.4) is 0 Å². The second-order valence-corrected chi connectivity index (χ2v) is 12.2. The van der Waals surface area contributed by atoms with Crippen molar-refractivity contribution in [2.75, 3.05) is 20.3 Å². The molecule has 5 atom stereocenters. The first-order chi connectivity index (χ1) is 18.9. The van der Waals surface area contributed by atoms with Crippen molar-refractivity contribution in [3.8, 4) is 0 Å². The van der Waals surface area contributed by atoms with Crippen molar-refractivity contribution in [2.24, 2.45) is 17.8 Å².